The molecule has 10 heteroatoms. The van der Waals surface area contributed by atoms with Crippen molar-refractivity contribution in [2.45, 2.75) is 39.9 Å². The molecule has 1 aromatic carbocycles. The minimum absolute atomic E-state index is 0.0287. The molecule has 0 bridgehead atoms. The van der Waals surface area contributed by atoms with E-state index in [0.717, 1.165) is 6.07 Å². The minimum Gasteiger partial charge on any atom is -0.503 e. The predicted octanol–water partition coefficient (Wildman–Crippen LogP) is 2.28. The van der Waals surface area contributed by atoms with Gasteiger partial charge in [0.15, 0.2) is 11.4 Å². The van der Waals surface area contributed by atoms with Gasteiger partial charge in [0.25, 0.3) is 11.8 Å². The molecule has 0 saturated carbocycles. The zero-order valence-electron chi connectivity index (χ0n) is 18.4. The van der Waals surface area contributed by atoms with E-state index in [1.807, 2.05) is 13.8 Å². The molecule has 0 aliphatic carbocycles. The number of carbonyl (C=O) groups is 2. The van der Waals surface area contributed by atoms with Crippen molar-refractivity contribution in [1.82, 2.24) is 14.8 Å². The number of hydrogen-bond donors (Lipinski definition) is 2. The largest absolute Gasteiger partial charge is 0.503 e. The molecule has 0 radical (unpaired) electrons. The number of pyridine rings is 1. The van der Waals surface area contributed by atoms with Gasteiger partial charge in [0.2, 0.25) is 5.43 Å². The van der Waals surface area contributed by atoms with Crippen LogP contribution in [0.5, 0.6) is 5.75 Å². The van der Waals surface area contributed by atoms with E-state index in [1.165, 1.54) is 28.8 Å². The van der Waals surface area contributed by atoms with Gasteiger partial charge >= 0.3 is 0 Å². The first-order valence-corrected chi connectivity index (χ1v) is 10.3. The lowest BCUT2D eigenvalue weighted by Crippen LogP contribution is -2.51. The zero-order chi connectivity index (χ0) is 24.0. The van der Waals surface area contributed by atoms with Gasteiger partial charge in [0, 0.05) is 44.6 Å². The number of benzene rings is 1. The van der Waals surface area contributed by atoms with Crippen molar-refractivity contribution in [3.05, 3.63) is 63.1 Å². The first-order valence-electron chi connectivity index (χ1n) is 10.3. The van der Waals surface area contributed by atoms with Crippen LogP contribution in [0, 0.1) is 11.6 Å². The third kappa shape index (κ3) is 4.96. The quantitative estimate of drug-likeness (QED) is 0.702. The third-order valence-corrected chi connectivity index (χ3v) is 4.97. The Kier molecular flexibility index (Phi) is 8.48. The number of nitrogens with one attached hydrogen (secondary N) is 1. The third-order valence-electron chi connectivity index (χ3n) is 4.97. The molecule has 1 aromatic heterocycles. The van der Waals surface area contributed by atoms with Crippen molar-refractivity contribution in [1.29, 1.82) is 0 Å². The highest BCUT2D eigenvalue weighted by Gasteiger charge is 2.35. The number of aromatic hydroxyl groups is 1. The van der Waals surface area contributed by atoms with Gasteiger partial charge in [-0.25, -0.2) is 8.78 Å². The van der Waals surface area contributed by atoms with Crippen LogP contribution in [0.4, 0.5) is 8.78 Å². The lowest BCUT2D eigenvalue weighted by atomic mass is 10.1. The van der Waals surface area contributed by atoms with E-state index in [1.54, 1.807) is 6.92 Å². The average Bonchev–Trinajstić information content (AvgIpc) is 2.77. The Balaban J connectivity index is 0.00000176. The maximum absolute atomic E-state index is 13.7. The van der Waals surface area contributed by atoms with E-state index >= 15 is 0 Å². The van der Waals surface area contributed by atoms with Crippen LogP contribution >= 0.6 is 0 Å². The summed E-state index contributed by atoms with van der Waals surface area (Å²) in [6, 6.07) is 2.56. The molecule has 1 atom stereocenters. The molecule has 2 N–H and O–H groups in total. The number of rotatable bonds is 6. The van der Waals surface area contributed by atoms with E-state index in [9.17, 15) is 28.3 Å². The number of aromatic nitrogens is 1. The fourth-order valence-electron chi connectivity index (χ4n) is 3.48. The molecule has 32 heavy (non-hydrogen) atoms. The molecule has 0 fully saturated rings. The van der Waals surface area contributed by atoms with E-state index in [4.69, 9.17) is 4.74 Å². The normalized spacial score (nSPS) is 15.0. The van der Waals surface area contributed by atoms with Crippen molar-refractivity contribution in [2.75, 3.05) is 20.3 Å². The van der Waals surface area contributed by atoms with Gasteiger partial charge in [-0.1, -0.05) is 19.9 Å². The topological polar surface area (TPSA) is 101 Å². The van der Waals surface area contributed by atoms with Crippen LogP contribution in [-0.4, -0.2) is 52.7 Å². The van der Waals surface area contributed by atoms with Crippen LogP contribution in [0.25, 0.3) is 0 Å². The van der Waals surface area contributed by atoms with E-state index in [0.29, 0.717) is 12.6 Å². The van der Waals surface area contributed by atoms with E-state index in [2.05, 4.69) is 5.32 Å². The number of hydrogen-bond acceptors (Lipinski definition) is 5. The summed E-state index contributed by atoms with van der Waals surface area (Å²) in [5.74, 6) is -3.82. The van der Waals surface area contributed by atoms with Crippen LogP contribution in [-0.2, 0) is 17.8 Å². The number of nitrogens with zero attached hydrogens (tertiary/aromatic N) is 2. The summed E-state index contributed by atoms with van der Waals surface area (Å²) in [5, 5.41) is 12.7. The zero-order valence-corrected chi connectivity index (χ0v) is 18.4. The van der Waals surface area contributed by atoms with Crippen LogP contribution in [0.3, 0.4) is 0 Å². The first-order chi connectivity index (χ1) is 15.3. The summed E-state index contributed by atoms with van der Waals surface area (Å²) in [5.41, 5.74) is -1.57. The van der Waals surface area contributed by atoms with E-state index in [-0.39, 0.29) is 37.0 Å². The second-order valence-electron chi connectivity index (χ2n) is 6.84. The van der Waals surface area contributed by atoms with Crippen LogP contribution in [0.2, 0.25) is 0 Å². The van der Waals surface area contributed by atoms with Gasteiger partial charge in [-0.3, -0.25) is 14.4 Å². The summed E-state index contributed by atoms with van der Waals surface area (Å²) in [4.78, 5) is 39.2. The molecule has 3 rings (SSSR count). The van der Waals surface area contributed by atoms with Crippen molar-refractivity contribution < 1.29 is 28.2 Å². The Labute approximate surface area is 184 Å². The Morgan fingerprint density at radius 3 is 2.56 bits per heavy atom. The Morgan fingerprint density at radius 2 is 1.97 bits per heavy atom. The molecule has 8 nitrogen and oxygen atoms in total. The lowest BCUT2D eigenvalue weighted by molar-refractivity contribution is 0.0421. The number of halogens is 2. The average molecular weight is 451 g/mol. The summed E-state index contributed by atoms with van der Waals surface area (Å²) < 4.78 is 33.2. The van der Waals surface area contributed by atoms with Gasteiger partial charge in [-0.05, 0) is 13.0 Å². The number of carbonyl (C=O) groups excluding carboxylic acids is 2. The fourth-order valence-corrected chi connectivity index (χ4v) is 3.48. The molecule has 1 aliphatic heterocycles. The minimum atomic E-state index is -1.01. The number of fused-ring (bicyclic) bond motifs is 1. The van der Waals surface area contributed by atoms with Crippen molar-refractivity contribution in [3.63, 3.8) is 0 Å². The monoisotopic (exact) mass is 451 g/mol. The Morgan fingerprint density at radius 1 is 1.28 bits per heavy atom. The Bertz CT molecular complexity index is 1050. The maximum atomic E-state index is 13.7. The second-order valence-corrected chi connectivity index (χ2v) is 6.84. The number of ether oxygens (including phenoxy) is 1. The first kappa shape index (κ1) is 25.0. The van der Waals surface area contributed by atoms with Crippen LogP contribution < -0.4 is 10.7 Å². The summed E-state index contributed by atoms with van der Waals surface area (Å²) in [6.07, 6.45) is 1.20. The van der Waals surface area contributed by atoms with Gasteiger partial charge < -0.3 is 24.6 Å². The van der Waals surface area contributed by atoms with Crippen molar-refractivity contribution in [3.8, 4) is 5.75 Å². The molecule has 2 heterocycles. The molecule has 2 aromatic rings. The fraction of sp³-hybridized carbons (Fsp3) is 0.409. The van der Waals surface area contributed by atoms with Crippen LogP contribution in [0.15, 0.2) is 29.2 Å². The van der Waals surface area contributed by atoms with Crippen LogP contribution in [0.1, 0.15) is 47.2 Å². The molecular weight excluding hydrogens is 424 g/mol. The molecule has 1 aliphatic rings. The molecular formula is C22H27F2N3O5. The van der Waals surface area contributed by atoms with Gasteiger partial charge in [-0.2, -0.15) is 0 Å². The van der Waals surface area contributed by atoms with Crippen molar-refractivity contribution >= 4 is 11.8 Å². The molecule has 0 spiro atoms. The highest BCUT2D eigenvalue weighted by Crippen LogP contribution is 2.23. The van der Waals surface area contributed by atoms with Crippen molar-refractivity contribution in [2.24, 2.45) is 0 Å². The Hall–Kier alpha value is -3.27. The molecule has 0 unspecified atom stereocenters. The smallest absolute Gasteiger partial charge is 0.274 e. The summed E-state index contributed by atoms with van der Waals surface area (Å²) in [6.45, 7) is 6.27. The summed E-state index contributed by atoms with van der Waals surface area (Å²) in [7, 11) is 1.49. The highest BCUT2D eigenvalue weighted by molar-refractivity contribution is 5.99. The van der Waals surface area contributed by atoms with E-state index < -0.39 is 40.2 Å². The lowest BCUT2D eigenvalue weighted by Gasteiger charge is -2.36. The summed E-state index contributed by atoms with van der Waals surface area (Å²) >= 11 is 0. The SMILES string of the molecule is CC.CCN1C(=O)c2c(O)c(=O)c(C(=O)NCc3ccc(F)cc3F)cn2C[C@H]1COC. The van der Waals surface area contributed by atoms with Gasteiger partial charge in [0.05, 0.1) is 12.6 Å². The second kappa shape index (κ2) is 10.9. The molecule has 174 valence electrons. The number of likely N-dealkylation sites (N-methyl/N-ethyl adjacent to an activating group) is 1. The molecule has 0 saturated heterocycles. The van der Waals surface area contributed by atoms with Gasteiger partial charge in [-0.15, -0.1) is 0 Å². The number of amides is 2. The standard InChI is InChI=1S/C20H21F2N3O5.C2H6/c1-3-25-13(10-30-2)8-24-9-14(17(26)18(27)16(24)20(25)29)19(28)23-7-11-4-5-12(21)6-15(11)22;1-2/h4-6,9,13,27H,3,7-8,10H2,1-2H3,(H,23,28);1-2H3/t13-;/m0./s1. The number of methoxy groups -OCH3 is 1. The predicted molar refractivity (Wildman–Crippen MR) is 114 cm³/mol. The van der Waals surface area contributed by atoms with Gasteiger partial charge in [0.1, 0.15) is 17.2 Å². The highest BCUT2D eigenvalue weighted by atomic mass is 19.1. The molecule has 2 amide bonds. The maximum Gasteiger partial charge on any atom is 0.274 e.